The summed E-state index contributed by atoms with van der Waals surface area (Å²) in [6, 6.07) is 21.1. The van der Waals surface area contributed by atoms with Gasteiger partial charge < -0.3 is 10.1 Å². The summed E-state index contributed by atoms with van der Waals surface area (Å²) < 4.78 is 6.69. The quantitative estimate of drug-likeness (QED) is 0.576. The van der Waals surface area contributed by atoms with Crippen LogP contribution in [-0.4, -0.2) is 30.0 Å². The molecule has 0 bridgehead atoms. The number of nitrogens with one attached hydrogen (secondary N) is 1. The number of hydrogen-bond donors (Lipinski definition) is 1. The van der Waals surface area contributed by atoms with Gasteiger partial charge in [0.1, 0.15) is 0 Å². The van der Waals surface area contributed by atoms with E-state index in [1.54, 1.807) is 18.3 Å². The van der Waals surface area contributed by atoms with Crippen molar-refractivity contribution in [2.45, 2.75) is 50.5 Å². The molecule has 2 aliphatic rings. The Balaban J connectivity index is 1.43. The molecule has 0 radical (unpaired) electrons. The Labute approximate surface area is 194 Å². The van der Waals surface area contributed by atoms with Crippen LogP contribution in [-0.2, 0) is 28.1 Å². The highest BCUT2D eigenvalue weighted by Gasteiger charge is 2.54. The van der Waals surface area contributed by atoms with Crippen LogP contribution in [0.5, 0.6) is 0 Å². The van der Waals surface area contributed by atoms with E-state index in [9.17, 15) is 4.79 Å². The molecule has 4 nitrogen and oxygen atoms in total. The lowest BCUT2D eigenvalue weighted by Crippen LogP contribution is -2.50. The maximum Gasteiger partial charge on any atom is 0.217 e. The van der Waals surface area contributed by atoms with Crippen LogP contribution >= 0.6 is 11.3 Å². The normalized spacial score (nSPS) is 22.0. The lowest BCUT2D eigenvalue weighted by Gasteiger charge is -2.44. The zero-order valence-corrected chi connectivity index (χ0v) is 19.3. The van der Waals surface area contributed by atoms with Gasteiger partial charge in [-0.25, -0.2) is 0 Å². The number of carbonyl (C=O) groups excluding carboxylic acids is 1. The summed E-state index contributed by atoms with van der Waals surface area (Å²) in [5.74, 6) is -0.00921. The van der Waals surface area contributed by atoms with Gasteiger partial charge in [0.05, 0.1) is 18.8 Å². The average molecular weight is 447 g/mol. The molecule has 1 fully saturated rings. The summed E-state index contributed by atoms with van der Waals surface area (Å²) in [6.07, 6.45) is 1.99. The van der Waals surface area contributed by atoms with Crippen molar-refractivity contribution in [1.82, 2.24) is 10.2 Å². The van der Waals surface area contributed by atoms with Crippen molar-refractivity contribution in [3.63, 3.8) is 0 Å². The summed E-state index contributed by atoms with van der Waals surface area (Å²) in [7, 11) is 0. The van der Waals surface area contributed by atoms with Crippen molar-refractivity contribution in [3.05, 3.63) is 93.7 Å². The lowest BCUT2D eigenvalue weighted by atomic mass is 9.71. The number of thiophene rings is 1. The van der Waals surface area contributed by atoms with E-state index in [4.69, 9.17) is 4.74 Å². The molecule has 2 atom stereocenters. The van der Waals surface area contributed by atoms with Crippen LogP contribution < -0.4 is 5.32 Å². The van der Waals surface area contributed by atoms with Crippen LogP contribution in [0, 0.1) is 0 Å². The molecule has 1 amide bonds. The zero-order valence-electron chi connectivity index (χ0n) is 18.5. The van der Waals surface area contributed by atoms with E-state index in [-0.39, 0.29) is 23.5 Å². The Morgan fingerprint density at radius 1 is 1.06 bits per heavy atom. The van der Waals surface area contributed by atoms with E-state index in [1.807, 2.05) is 18.2 Å². The molecule has 5 rings (SSSR count). The van der Waals surface area contributed by atoms with Crippen molar-refractivity contribution in [1.29, 1.82) is 0 Å². The summed E-state index contributed by atoms with van der Waals surface area (Å²) >= 11 is 1.76. The molecule has 2 aromatic carbocycles. The van der Waals surface area contributed by atoms with Gasteiger partial charge in [0.15, 0.2) is 0 Å². The molecule has 32 heavy (non-hydrogen) atoms. The fraction of sp³-hybridized carbons (Fsp3) is 0.370. The number of hydrogen-bond acceptors (Lipinski definition) is 4. The number of carbonyl (C=O) groups is 1. The summed E-state index contributed by atoms with van der Waals surface area (Å²) in [4.78, 5) is 14.7. The Bertz CT molecular complexity index is 1040. The first kappa shape index (κ1) is 21.4. The van der Waals surface area contributed by atoms with Crippen LogP contribution in [0.15, 0.2) is 71.4 Å². The van der Waals surface area contributed by atoms with Gasteiger partial charge in [-0.2, -0.15) is 11.3 Å². The molecule has 1 saturated heterocycles. The van der Waals surface area contributed by atoms with Crippen LogP contribution in [0.3, 0.4) is 0 Å². The van der Waals surface area contributed by atoms with Crippen LogP contribution in [0.25, 0.3) is 0 Å². The first-order chi connectivity index (χ1) is 15.7. The minimum atomic E-state index is -0.115. The number of ether oxygens (including phenoxy) is 1. The molecule has 3 aromatic rings. The van der Waals surface area contributed by atoms with Gasteiger partial charge in [-0.1, -0.05) is 54.6 Å². The van der Waals surface area contributed by atoms with Crippen LogP contribution in [0.1, 0.15) is 48.1 Å². The van der Waals surface area contributed by atoms with E-state index < -0.39 is 0 Å². The lowest BCUT2D eigenvalue weighted by molar-refractivity contribution is -0.122. The molecule has 1 N–H and O–H groups in total. The fourth-order valence-electron chi connectivity index (χ4n) is 5.55. The van der Waals surface area contributed by atoms with E-state index in [0.717, 1.165) is 38.0 Å². The average Bonchev–Trinajstić information content (AvgIpc) is 3.40. The monoisotopic (exact) mass is 446 g/mol. The van der Waals surface area contributed by atoms with Gasteiger partial charge in [-0.15, -0.1) is 0 Å². The van der Waals surface area contributed by atoms with E-state index in [1.165, 1.54) is 16.7 Å². The Hall–Kier alpha value is -2.47. The van der Waals surface area contributed by atoms with Crippen LogP contribution in [0.4, 0.5) is 0 Å². The molecule has 1 aliphatic heterocycles. The topological polar surface area (TPSA) is 41.6 Å². The SMILES string of the molecule is CC(=O)N[C@@H]1c2ccccc2C2(CCN(Cc3ccsc3)CC2)[C@H]1OCc1ccccc1. The Kier molecular flexibility index (Phi) is 6.13. The second-order valence-electron chi connectivity index (χ2n) is 9.05. The third-order valence-corrected chi connectivity index (χ3v) is 7.78. The Morgan fingerprint density at radius 3 is 2.53 bits per heavy atom. The minimum absolute atomic E-state index is 0.00921. The molecule has 5 heteroatoms. The molecule has 0 saturated carbocycles. The molecule has 1 aromatic heterocycles. The van der Waals surface area contributed by atoms with Crippen molar-refractivity contribution >= 4 is 17.2 Å². The van der Waals surface area contributed by atoms with Crippen molar-refractivity contribution < 1.29 is 9.53 Å². The maximum absolute atomic E-state index is 12.2. The number of benzene rings is 2. The first-order valence-corrected chi connectivity index (χ1v) is 12.4. The van der Waals surface area contributed by atoms with E-state index in [2.05, 4.69) is 63.4 Å². The zero-order chi connectivity index (χ0) is 22.0. The Morgan fingerprint density at radius 2 is 1.81 bits per heavy atom. The van der Waals surface area contributed by atoms with Gasteiger partial charge in [0.2, 0.25) is 5.91 Å². The highest BCUT2D eigenvalue weighted by molar-refractivity contribution is 7.07. The predicted octanol–water partition coefficient (Wildman–Crippen LogP) is 5.06. The predicted molar refractivity (Wildman–Crippen MR) is 129 cm³/mol. The van der Waals surface area contributed by atoms with E-state index in [0.29, 0.717) is 6.61 Å². The van der Waals surface area contributed by atoms with Gasteiger partial charge in [0.25, 0.3) is 0 Å². The van der Waals surface area contributed by atoms with Crippen molar-refractivity contribution in [2.24, 2.45) is 0 Å². The number of piperidine rings is 1. The molecule has 166 valence electrons. The second kappa shape index (κ2) is 9.18. The largest absolute Gasteiger partial charge is 0.370 e. The van der Waals surface area contributed by atoms with Crippen molar-refractivity contribution in [2.75, 3.05) is 13.1 Å². The van der Waals surface area contributed by atoms with Gasteiger partial charge in [0, 0.05) is 18.9 Å². The number of fused-ring (bicyclic) bond motifs is 2. The smallest absolute Gasteiger partial charge is 0.217 e. The molecular formula is C27H30N2O2S. The van der Waals surface area contributed by atoms with Gasteiger partial charge in [-0.05, 0) is 65.0 Å². The molecule has 1 spiro atoms. The maximum atomic E-state index is 12.2. The third kappa shape index (κ3) is 4.13. The summed E-state index contributed by atoms with van der Waals surface area (Å²) in [6.45, 7) is 5.22. The standard InChI is InChI=1S/C27H30N2O2S/c1-20(30)28-25-23-9-5-6-10-24(23)27(26(25)31-18-21-7-3-2-4-8-21)12-14-29(15-13-27)17-22-11-16-32-19-22/h2-11,16,19,25-26H,12-15,17-18H2,1H3,(H,28,30)/t25-,26+/m1/s1. The fourth-order valence-corrected chi connectivity index (χ4v) is 6.21. The summed E-state index contributed by atoms with van der Waals surface area (Å²) in [5, 5.41) is 7.62. The molecule has 1 aliphatic carbocycles. The highest BCUT2D eigenvalue weighted by Crippen LogP contribution is 2.52. The van der Waals surface area contributed by atoms with Crippen molar-refractivity contribution in [3.8, 4) is 0 Å². The first-order valence-electron chi connectivity index (χ1n) is 11.4. The third-order valence-electron chi connectivity index (χ3n) is 7.05. The number of rotatable bonds is 6. The van der Waals surface area contributed by atoms with Gasteiger partial charge >= 0.3 is 0 Å². The molecule has 2 heterocycles. The molecule has 0 unspecified atom stereocenters. The second-order valence-corrected chi connectivity index (χ2v) is 9.83. The minimum Gasteiger partial charge on any atom is -0.370 e. The molecular weight excluding hydrogens is 416 g/mol. The van der Waals surface area contributed by atoms with E-state index >= 15 is 0 Å². The summed E-state index contributed by atoms with van der Waals surface area (Å²) in [5.41, 5.74) is 5.05. The van der Waals surface area contributed by atoms with Crippen LogP contribution in [0.2, 0.25) is 0 Å². The van der Waals surface area contributed by atoms with Gasteiger partial charge in [-0.3, -0.25) is 9.69 Å². The number of likely N-dealkylation sites (tertiary alicyclic amines) is 1. The number of amides is 1. The highest BCUT2D eigenvalue weighted by atomic mass is 32.1. The number of nitrogens with zero attached hydrogens (tertiary/aromatic N) is 1.